The highest BCUT2D eigenvalue weighted by Gasteiger charge is 2.28. The molecule has 108 valence electrons. The van der Waals surface area contributed by atoms with Crippen LogP contribution < -0.4 is 5.73 Å². The summed E-state index contributed by atoms with van der Waals surface area (Å²) < 4.78 is 37.3. The molecule has 0 fully saturated rings. The van der Waals surface area contributed by atoms with Gasteiger partial charge in [0.25, 0.3) is 5.89 Å². The Balaban J connectivity index is 2.41. The molecule has 0 radical (unpaired) electrons. The van der Waals surface area contributed by atoms with Gasteiger partial charge in [-0.2, -0.15) is 4.98 Å². The fourth-order valence-electron chi connectivity index (χ4n) is 1.73. The molecule has 0 atom stereocenters. The van der Waals surface area contributed by atoms with Crippen molar-refractivity contribution in [2.45, 2.75) is 26.4 Å². The van der Waals surface area contributed by atoms with Crippen LogP contribution in [0.3, 0.4) is 0 Å². The van der Waals surface area contributed by atoms with E-state index in [9.17, 15) is 8.78 Å². The van der Waals surface area contributed by atoms with Crippen molar-refractivity contribution in [1.82, 2.24) is 10.1 Å². The van der Waals surface area contributed by atoms with Crippen LogP contribution in [0.4, 0.5) is 14.5 Å². The van der Waals surface area contributed by atoms with E-state index in [0.29, 0.717) is 12.7 Å². The minimum atomic E-state index is -0.833. The number of anilines is 1. The predicted octanol–water partition coefficient (Wildman–Crippen LogP) is 2.87. The second kappa shape index (κ2) is 5.16. The fraction of sp³-hybridized carbons (Fsp3) is 0.385. The van der Waals surface area contributed by atoms with Gasteiger partial charge in [0.05, 0.1) is 11.3 Å². The van der Waals surface area contributed by atoms with E-state index in [1.807, 2.05) is 6.92 Å². The molecule has 2 N–H and O–H groups in total. The smallest absolute Gasteiger partial charge is 0.261 e. The summed E-state index contributed by atoms with van der Waals surface area (Å²) in [6.45, 7) is 5.83. The fourth-order valence-corrected chi connectivity index (χ4v) is 1.73. The van der Waals surface area contributed by atoms with Gasteiger partial charge in [0.2, 0.25) is 5.82 Å². The first-order chi connectivity index (χ1) is 9.35. The van der Waals surface area contributed by atoms with Crippen molar-refractivity contribution in [3.63, 3.8) is 0 Å². The van der Waals surface area contributed by atoms with E-state index in [1.54, 1.807) is 13.8 Å². The van der Waals surface area contributed by atoms with Crippen LogP contribution in [-0.2, 0) is 10.3 Å². The number of rotatable bonds is 4. The summed E-state index contributed by atoms with van der Waals surface area (Å²) in [6, 6.07) is 1.80. The van der Waals surface area contributed by atoms with Crippen LogP contribution >= 0.6 is 0 Å². The van der Waals surface area contributed by atoms with Crippen LogP contribution in [0.25, 0.3) is 11.5 Å². The third-order valence-corrected chi connectivity index (χ3v) is 2.79. The van der Waals surface area contributed by atoms with Crippen molar-refractivity contribution < 1.29 is 18.0 Å². The van der Waals surface area contributed by atoms with Crippen LogP contribution in [0.2, 0.25) is 0 Å². The van der Waals surface area contributed by atoms with Crippen LogP contribution in [-0.4, -0.2) is 16.7 Å². The van der Waals surface area contributed by atoms with Gasteiger partial charge in [-0.25, -0.2) is 8.78 Å². The topological polar surface area (TPSA) is 74.2 Å². The van der Waals surface area contributed by atoms with Gasteiger partial charge >= 0.3 is 0 Å². The third-order valence-electron chi connectivity index (χ3n) is 2.79. The van der Waals surface area contributed by atoms with Crippen LogP contribution in [0.1, 0.15) is 26.6 Å². The summed E-state index contributed by atoms with van der Waals surface area (Å²) in [6.07, 6.45) is 0. The quantitative estimate of drug-likeness (QED) is 0.873. The van der Waals surface area contributed by atoms with E-state index in [2.05, 4.69) is 10.1 Å². The molecule has 0 saturated carbocycles. The van der Waals surface area contributed by atoms with Gasteiger partial charge < -0.3 is 15.0 Å². The molecule has 1 aromatic heterocycles. The van der Waals surface area contributed by atoms with Crippen LogP contribution in [0.5, 0.6) is 0 Å². The monoisotopic (exact) mass is 283 g/mol. The molecule has 0 amide bonds. The number of hydrogen-bond donors (Lipinski definition) is 1. The highest BCUT2D eigenvalue weighted by molar-refractivity contribution is 5.61. The summed E-state index contributed by atoms with van der Waals surface area (Å²) in [5, 5.41) is 3.76. The molecule has 1 heterocycles. The second-order valence-corrected chi connectivity index (χ2v) is 4.72. The van der Waals surface area contributed by atoms with E-state index in [-0.39, 0.29) is 23.0 Å². The lowest BCUT2D eigenvalue weighted by Crippen LogP contribution is -2.23. The molecule has 0 bridgehead atoms. The van der Waals surface area contributed by atoms with Crippen molar-refractivity contribution in [3.05, 3.63) is 29.6 Å². The lowest BCUT2D eigenvalue weighted by Gasteiger charge is -2.19. The van der Waals surface area contributed by atoms with E-state index in [0.717, 1.165) is 6.07 Å². The number of hydrogen-bond acceptors (Lipinski definition) is 5. The van der Waals surface area contributed by atoms with Gasteiger partial charge in [-0.3, -0.25) is 0 Å². The largest absolute Gasteiger partial charge is 0.396 e. The molecular weight excluding hydrogens is 268 g/mol. The SMILES string of the molecule is CCOC(C)(C)c1noc(-c2cc(N)c(F)cc2F)n1. The number of ether oxygens (including phenoxy) is 1. The first-order valence-electron chi connectivity index (χ1n) is 6.08. The molecule has 0 aliphatic heterocycles. The average molecular weight is 283 g/mol. The Kier molecular flexibility index (Phi) is 3.71. The first-order valence-corrected chi connectivity index (χ1v) is 6.08. The second-order valence-electron chi connectivity index (χ2n) is 4.72. The maximum Gasteiger partial charge on any atom is 0.261 e. The Morgan fingerprint density at radius 3 is 2.65 bits per heavy atom. The van der Waals surface area contributed by atoms with Crippen molar-refractivity contribution >= 4 is 5.69 Å². The standard InChI is InChI=1S/C13H15F2N3O2/c1-4-19-13(2,3)12-17-11(20-18-12)7-5-10(16)9(15)6-8(7)14/h5-6H,4,16H2,1-3H3. The zero-order chi connectivity index (χ0) is 14.9. The summed E-state index contributed by atoms with van der Waals surface area (Å²) in [5.41, 5.74) is 4.41. The number of halogens is 2. The van der Waals surface area contributed by atoms with Crippen molar-refractivity contribution in [3.8, 4) is 11.5 Å². The highest BCUT2D eigenvalue weighted by Crippen LogP contribution is 2.28. The first kappa shape index (κ1) is 14.4. The molecule has 20 heavy (non-hydrogen) atoms. The van der Waals surface area contributed by atoms with Gasteiger partial charge in [-0.05, 0) is 26.8 Å². The van der Waals surface area contributed by atoms with Crippen LogP contribution in [0, 0.1) is 11.6 Å². The lowest BCUT2D eigenvalue weighted by atomic mass is 10.1. The average Bonchev–Trinajstić information content (AvgIpc) is 2.84. The Morgan fingerprint density at radius 2 is 2.00 bits per heavy atom. The van der Waals surface area contributed by atoms with E-state index < -0.39 is 17.2 Å². The Labute approximate surface area is 114 Å². The maximum atomic E-state index is 13.7. The maximum absolute atomic E-state index is 13.7. The molecule has 1 aromatic carbocycles. The number of aromatic nitrogens is 2. The van der Waals surface area contributed by atoms with E-state index in [1.165, 1.54) is 0 Å². The summed E-state index contributed by atoms with van der Waals surface area (Å²) in [7, 11) is 0. The Morgan fingerprint density at radius 1 is 1.30 bits per heavy atom. The zero-order valence-corrected chi connectivity index (χ0v) is 11.4. The van der Waals surface area contributed by atoms with Gasteiger partial charge in [0.15, 0.2) is 0 Å². The molecule has 2 aromatic rings. The molecule has 7 heteroatoms. The van der Waals surface area contributed by atoms with E-state index >= 15 is 0 Å². The van der Waals surface area contributed by atoms with Crippen molar-refractivity contribution in [2.75, 3.05) is 12.3 Å². The van der Waals surface area contributed by atoms with Crippen LogP contribution in [0.15, 0.2) is 16.7 Å². The molecule has 0 spiro atoms. The molecule has 0 saturated heterocycles. The van der Waals surface area contributed by atoms with Crippen molar-refractivity contribution in [2.24, 2.45) is 0 Å². The highest BCUT2D eigenvalue weighted by atomic mass is 19.1. The minimum absolute atomic E-state index is 0.0463. The number of nitrogens with zero attached hydrogens (tertiary/aromatic N) is 2. The van der Waals surface area contributed by atoms with Gasteiger partial charge in [0, 0.05) is 12.7 Å². The number of nitrogens with two attached hydrogens (primary N) is 1. The van der Waals surface area contributed by atoms with Gasteiger partial charge in [-0.15, -0.1) is 0 Å². The molecular formula is C13H15F2N3O2. The van der Waals surface area contributed by atoms with Gasteiger partial charge in [0.1, 0.15) is 17.2 Å². The minimum Gasteiger partial charge on any atom is -0.396 e. The van der Waals surface area contributed by atoms with Crippen molar-refractivity contribution in [1.29, 1.82) is 0 Å². The number of nitrogen functional groups attached to an aromatic ring is 1. The summed E-state index contributed by atoms with van der Waals surface area (Å²) in [5.74, 6) is -1.45. The molecule has 0 aliphatic rings. The van der Waals surface area contributed by atoms with Gasteiger partial charge in [-0.1, -0.05) is 5.16 Å². The summed E-state index contributed by atoms with van der Waals surface area (Å²) in [4.78, 5) is 4.08. The number of benzene rings is 1. The predicted molar refractivity (Wildman–Crippen MR) is 68.7 cm³/mol. The molecule has 0 unspecified atom stereocenters. The summed E-state index contributed by atoms with van der Waals surface area (Å²) >= 11 is 0. The Bertz CT molecular complexity index is 626. The third kappa shape index (κ3) is 2.62. The molecule has 2 rings (SSSR count). The Hall–Kier alpha value is -2.02. The normalized spacial score (nSPS) is 11.8. The molecule has 5 nitrogen and oxygen atoms in total. The zero-order valence-electron chi connectivity index (χ0n) is 11.4. The molecule has 0 aliphatic carbocycles. The lowest BCUT2D eigenvalue weighted by molar-refractivity contribution is -0.0221. The van der Waals surface area contributed by atoms with E-state index in [4.69, 9.17) is 15.0 Å².